The van der Waals surface area contributed by atoms with E-state index in [4.69, 9.17) is 5.11 Å². The van der Waals surface area contributed by atoms with Gasteiger partial charge in [-0.3, -0.25) is 0 Å². The van der Waals surface area contributed by atoms with E-state index in [-0.39, 0.29) is 6.61 Å². The molecule has 17 heavy (non-hydrogen) atoms. The Morgan fingerprint density at radius 3 is 3.29 bits per heavy atom. The van der Waals surface area contributed by atoms with Gasteiger partial charge in [-0.1, -0.05) is 6.07 Å². The first-order valence-corrected chi connectivity index (χ1v) is 6.71. The molecule has 2 aromatic heterocycles. The highest BCUT2D eigenvalue weighted by Crippen LogP contribution is 2.28. The molecule has 90 valence electrons. The summed E-state index contributed by atoms with van der Waals surface area (Å²) in [7, 11) is 0. The molecule has 0 amide bonds. The van der Waals surface area contributed by atoms with E-state index in [1.807, 2.05) is 10.7 Å². The minimum atomic E-state index is 0.251. The highest BCUT2D eigenvalue weighted by Gasteiger charge is 2.19. The van der Waals surface area contributed by atoms with E-state index in [0.717, 1.165) is 31.0 Å². The van der Waals surface area contributed by atoms with Gasteiger partial charge in [0, 0.05) is 25.8 Å². The Kier molecular flexibility index (Phi) is 2.86. The van der Waals surface area contributed by atoms with Gasteiger partial charge in [-0.15, -0.1) is 11.3 Å². The molecule has 0 aromatic carbocycles. The summed E-state index contributed by atoms with van der Waals surface area (Å²) in [4.78, 5) is 1.20. The lowest BCUT2D eigenvalue weighted by Gasteiger charge is -2.23. The molecule has 1 unspecified atom stereocenters. The second-order valence-corrected chi connectivity index (χ2v) is 5.28. The fourth-order valence-electron chi connectivity index (χ4n) is 2.18. The molecular weight excluding hydrogens is 234 g/mol. The van der Waals surface area contributed by atoms with E-state index in [1.165, 1.54) is 4.88 Å². The van der Waals surface area contributed by atoms with E-state index in [2.05, 4.69) is 27.9 Å². The van der Waals surface area contributed by atoms with Gasteiger partial charge in [0.15, 0.2) is 0 Å². The van der Waals surface area contributed by atoms with Gasteiger partial charge in [0.2, 0.25) is 0 Å². The first kappa shape index (κ1) is 10.8. The lowest BCUT2D eigenvalue weighted by Crippen LogP contribution is -2.28. The van der Waals surface area contributed by atoms with Gasteiger partial charge < -0.3 is 10.4 Å². The Labute approximate surface area is 104 Å². The maximum absolute atomic E-state index is 8.97. The second-order valence-electron chi connectivity index (χ2n) is 4.33. The molecule has 0 spiro atoms. The number of hydrogen-bond donors (Lipinski definition) is 2. The number of aromatic nitrogens is 2. The van der Waals surface area contributed by atoms with E-state index in [9.17, 15) is 0 Å². The van der Waals surface area contributed by atoms with Crippen molar-refractivity contribution in [2.45, 2.75) is 13.0 Å². The van der Waals surface area contributed by atoms with Crippen molar-refractivity contribution >= 4 is 17.2 Å². The van der Waals surface area contributed by atoms with Gasteiger partial charge in [0.25, 0.3) is 0 Å². The molecule has 0 saturated carbocycles. The van der Waals surface area contributed by atoms with Crippen molar-refractivity contribution in [1.82, 2.24) is 9.78 Å². The molecule has 5 heteroatoms. The molecule has 1 aliphatic heterocycles. The van der Waals surface area contributed by atoms with Crippen LogP contribution in [-0.4, -0.2) is 28.0 Å². The number of nitrogens with one attached hydrogen (secondary N) is 1. The average Bonchev–Trinajstić information content (AvgIpc) is 2.97. The van der Waals surface area contributed by atoms with Gasteiger partial charge in [0.05, 0.1) is 4.88 Å². The van der Waals surface area contributed by atoms with Crippen molar-refractivity contribution in [1.29, 1.82) is 0 Å². The van der Waals surface area contributed by atoms with Gasteiger partial charge in [-0.2, -0.15) is 5.10 Å². The Morgan fingerprint density at radius 2 is 2.53 bits per heavy atom. The van der Waals surface area contributed by atoms with Crippen LogP contribution in [0.15, 0.2) is 23.6 Å². The standard InChI is InChI=1S/C12H15N3OS/c16-4-3-9-7-13-12-6-10(14-15(12)8-9)11-2-1-5-17-11/h1-2,5-6,9,13,16H,3-4,7-8H2. The summed E-state index contributed by atoms with van der Waals surface area (Å²) in [5.74, 6) is 1.56. The molecule has 2 aromatic rings. The molecule has 4 nitrogen and oxygen atoms in total. The molecule has 0 aliphatic carbocycles. The van der Waals surface area contributed by atoms with Crippen molar-refractivity contribution in [3.8, 4) is 10.6 Å². The van der Waals surface area contributed by atoms with Gasteiger partial charge >= 0.3 is 0 Å². The Morgan fingerprint density at radius 1 is 1.59 bits per heavy atom. The normalized spacial score (nSPS) is 18.8. The smallest absolute Gasteiger partial charge is 0.124 e. The van der Waals surface area contributed by atoms with E-state index >= 15 is 0 Å². The predicted octanol–water partition coefficient (Wildman–Crippen LogP) is 2.04. The second kappa shape index (κ2) is 4.50. The third-order valence-corrected chi connectivity index (χ3v) is 3.99. The average molecular weight is 249 g/mol. The molecule has 1 atom stereocenters. The first-order chi connectivity index (χ1) is 8.36. The summed E-state index contributed by atoms with van der Waals surface area (Å²) in [5, 5.41) is 19.0. The van der Waals surface area contributed by atoms with Crippen LogP contribution in [0.4, 0.5) is 5.82 Å². The first-order valence-electron chi connectivity index (χ1n) is 5.83. The fourth-order valence-corrected chi connectivity index (χ4v) is 2.86. The molecule has 3 rings (SSSR count). The van der Waals surface area contributed by atoms with Gasteiger partial charge in [-0.25, -0.2) is 4.68 Å². The number of anilines is 1. The van der Waals surface area contributed by atoms with Crippen molar-refractivity contribution in [3.63, 3.8) is 0 Å². The number of rotatable bonds is 3. The zero-order valence-electron chi connectivity index (χ0n) is 9.47. The summed E-state index contributed by atoms with van der Waals surface area (Å²) in [5.41, 5.74) is 1.03. The van der Waals surface area contributed by atoms with E-state index in [1.54, 1.807) is 11.3 Å². The van der Waals surface area contributed by atoms with Crippen LogP contribution < -0.4 is 5.32 Å². The van der Waals surface area contributed by atoms with Crippen LogP contribution in [-0.2, 0) is 6.54 Å². The third-order valence-electron chi connectivity index (χ3n) is 3.09. The lowest BCUT2D eigenvalue weighted by molar-refractivity contribution is 0.244. The topological polar surface area (TPSA) is 50.1 Å². The zero-order chi connectivity index (χ0) is 11.7. The monoisotopic (exact) mass is 249 g/mol. The molecule has 0 fully saturated rings. The van der Waals surface area contributed by atoms with Crippen molar-refractivity contribution in [2.75, 3.05) is 18.5 Å². The largest absolute Gasteiger partial charge is 0.396 e. The number of aliphatic hydroxyl groups is 1. The zero-order valence-corrected chi connectivity index (χ0v) is 10.3. The minimum absolute atomic E-state index is 0.251. The van der Waals surface area contributed by atoms with Crippen molar-refractivity contribution < 1.29 is 5.11 Å². The number of fused-ring (bicyclic) bond motifs is 1. The van der Waals surface area contributed by atoms with Crippen LogP contribution >= 0.6 is 11.3 Å². The Hall–Kier alpha value is -1.33. The van der Waals surface area contributed by atoms with Crippen LogP contribution in [0.3, 0.4) is 0 Å². The Bertz CT molecular complexity index is 492. The summed E-state index contributed by atoms with van der Waals surface area (Å²) in [6.45, 7) is 2.07. The van der Waals surface area contributed by atoms with Crippen LogP contribution in [0, 0.1) is 5.92 Å². The molecule has 0 saturated heterocycles. The summed E-state index contributed by atoms with van der Waals surface area (Å²) < 4.78 is 2.01. The third kappa shape index (κ3) is 2.08. The maximum atomic E-state index is 8.97. The van der Waals surface area contributed by atoms with Crippen LogP contribution in [0.25, 0.3) is 10.6 Å². The SMILES string of the molecule is OCCC1CNc2cc(-c3cccs3)nn2C1. The van der Waals surface area contributed by atoms with E-state index in [0.29, 0.717) is 5.92 Å². The van der Waals surface area contributed by atoms with Crippen LogP contribution in [0.1, 0.15) is 6.42 Å². The molecule has 0 radical (unpaired) electrons. The summed E-state index contributed by atoms with van der Waals surface area (Å²) in [6.07, 6.45) is 0.834. The van der Waals surface area contributed by atoms with Gasteiger partial charge in [0.1, 0.15) is 11.5 Å². The van der Waals surface area contributed by atoms with Gasteiger partial charge in [-0.05, 0) is 23.8 Å². The quantitative estimate of drug-likeness (QED) is 0.875. The van der Waals surface area contributed by atoms with Crippen molar-refractivity contribution in [2.24, 2.45) is 5.92 Å². The number of aliphatic hydroxyl groups excluding tert-OH is 1. The molecule has 2 N–H and O–H groups in total. The van der Waals surface area contributed by atoms with E-state index < -0.39 is 0 Å². The lowest BCUT2D eigenvalue weighted by atomic mass is 10.1. The number of thiophene rings is 1. The maximum Gasteiger partial charge on any atom is 0.124 e. The molecule has 0 bridgehead atoms. The minimum Gasteiger partial charge on any atom is -0.396 e. The summed E-state index contributed by atoms with van der Waals surface area (Å²) >= 11 is 1.71. The highest BCUT2D eigenvalue weighted by atomic mass is 32.1. The number of hydrogen-bond acceptors (Lipinski definition) is 4. The highest BCUT2D eigenvalue weighted by molar-refractivity contribution is 7.13. The Balaban J connectivity index is 1.84. The molecule has 3 heterocycles. The van der Waals surface area contributed by atoms with Crippen LogP contribution in [0.2, 0.25) is 0 Å². The summed E-state index contributed by atoms with van der Waals surface area (Å²) in [6, 6.07) is 6.23. The number of nitrogens with zero attached hydrogens (tertiary/aromatic N) is 2. The molecular formula is C12H15N3OS. The molecule has 1 aliphatic rings. The predicted molar refractivity (Wildman–Crippen MR) is 69.2 cm³/mol. The fraction of sp³-hybridized carbons (Fsp3) is 0.417. The van der Waals surface area contributed by atoms with Crippen molar-refractivity contribution in [3.05, 3.63) is 23.6 Å². The van der Waals surface area contributed by atoms with Crippen LogP contribution in [0.5, 0.6) is 0 Å².